The van der Waals surface area contributed by atoms with Crippen LogP contribution in [0.15, 0.2) is 200 Å². The van der Waals surface area contributed by atoms with Crippen molar-refractivity contribution < 1.29 is 0 Å². The van der Waals surface area contributed by atoms with Gasteiger partial charge < -0.3 is 4.57 Å². The van der Waals surface area contributed by atoms with E-state index in [0.717, 1.165) is 39.3 Å². The molecule has 270 valence electrons. The first kappa shape index (κ1) is 34.2. The van der Waals surface area contributed by atoms with Crippen LogP contribution in [0, 0.1) is 13.8 Å². The SMILES string of the molecule is Cc1c(-c2cccc(-c3cccc(-n4c5ccccc5c5ccccc54)c3)c2)cccc1-c1nc(-c2ccccc2)nc(-c2ccc(-c3ccccc3)cc2)c1C. The average Bonchev–Trinajstić information content (AvgIpc) is 3.62. The highest BCUT2D eigenvalue weighted by Gasteiger charge is 2.19. The standard InChI is InChI=1S/C54H39N3/c1-36-46(44-22-13-20-42(34-44)43-21-14-23-45(35-43)57-50-28-11-9-24-48(50)49-25-10-12-29-51(49)57)26-15-27-47(36)53-37(2)52(55-54(56-53)41-18-7-4-8-19-41)40-32-30-39(31-33-40)38-16-5-3-6-17-38/h3-35H,1-2H3. The highest BCUT2D eigenvalue weighted by Crippen LogP contribution is 2.39. The van der Waals surface area contributed by atoms with Crippen LogP contribution in [-0.4, -0.2) is 14.5 Å². The van der Waals surface area contributed by atoms with E-state index in [1.807, 2.05) is 18.2 Å². The summed E-state index contributed by atoms with van der Waals surface area (Å²) in [6.45, 7) is 4.37. The monoisotopic (exact) mass is 729 g/mol. The summed E-state index contributed by atoms with van der Waals surface area (Å²) in [5.74, 6) is 0.716. The number of hydrogen-bond donors (Lipinski definition) is 0. The van der Waals surface area contributed by atoms with Crippen LogP contribution in [-0.2, 0) is 0 Å². The third-order valence-electron chi connectivity index (χ3n) is 11.2. The van der Waals surface area contributed by atoms with E-state index in [0.29, 0.717) is 5.82 Å². The van der Waals surface area contributed by atoms with E-state index in [1.54, 1.807) is 0 Å². The lowest BCUT2D eigenvalue weighted by Gasteiger charge is -2.17. The Balaban J connectivity index is 1.06. The molecule has 0 atom stereocenters. The second-order valence-electron chi connectivity index (χ2n) is 14.7. The fourth-order valence-electron chi connectivity index (χ4n) is 8.32. The van der Waals surface area contributed by atoms with Gasteiger partial charge in [-0.05, 0) is 83.1 Å². The van der Waals surface area contributed by atoms with Crippen molar-refractivity contribution in [2.24, 2.45) is 0 Å². The molecule has 0 aliphatic rings. The maximum Gasteiger partial charge on any atom is 0.160 e. The second kappa shape index (κ2) is 14.4. The van der Waals surface area contributed by atoms with Crippen molar-refractivity contribution in [3.8, 4) is 73.0 Å². The van der Waals surface area contributed by atoms with Gasteiger partial charge in [-0.3, -0.25) is 0 Å². The molecule has 3 nitrogen and oxygen atoms in total. The smallest absolute Gasteiger partial charge is 0.160 e. The second-order valence-corrected chi connectivity index (χ2v) is 14.7. The van der Waals surface area contributed by atoms with E-state index in [4.69, 9.17) is 9.97 Å². The summed E-state index contributed by atoms with van der Waals surface area (Å²) in [6, 6.07) is 71.3. The van der Waals surface area contributed by atoms with Crippen molar-refractivity contribution >= 4 is 21.8 Å². The van der Waals surface area contributed by atoms with Crippen molar-refractivity contribution in [1.82, 2.24) is 14.5 Å². The lowest BCUT2D eigenvalue weighted by molar-refractivity contribution is 1.14. The first-order valence-corrected chi connectivity index (χ1v) is 19.5. The van der Waals surface area contributed by atoms with Gasteiger partial charge in [-0.2, -0.15) is 0 Å². The summed E-state index contributed by atoms with van der Waals surface area (Å²) in [4.78, 5) is 10.5. The first-order chi connectivity index (χ1) is 28.1. The quantitative estimate of drug-likeness (QED) is 0.164. The highest BCUT2D eigenvalue weighted by atomic mass is 15.0. The molecule has 0 N–H and O–H groups in total. The number of hydrogen-bond acceptors (Lipinski definition) is 2. The topological polar surface area (TPSA) is 30.7 Å². The summed E-state index contributed by atoms with van der Waals surface area (Å²) in [7, 11) is 0. The highest BCUT2D eigenvalue weighted by molar-refractivity contribution is 6.09. The Hall–Kier alpha value is -7.36. The number of aromatic nitrogens is 3. The lowest BCUT2D eigenvalue weighted by atomic mass is 9.91. The predicted octanol–water partition coefficient (Wildman–Crippen LogP) is 14.2. The van der Waals surface area contributed by atoms with Crippen molar-refractivity contribution in [2.45, 2.75) is 13.8 Å². The van der Waals surface area contributed by atoms with Gasteiger partial charge in [0, 0.05) is 38.7 Å². The first-order valence-electron chi connectivity index (χ1n) is 19.5. The molecule has 10 aromatic rings. The van der Waals surface area contributed by atoms with E-state index in [9.17, 15) is 0 Å². The third kappa shape index (κ3) is 6.20. The van der Waals surface area contributed by atoms with Crippen LogP contribution < -0.4 is 0 Å². The fraction of sp³-hybridized carbons (Fsp3) is 0.0370. The maximum absolute atomic E-state index is 5.29. The van der Waals surface area contributed by atoms with E-state index in [1.165, 1.54) is 60.8 Å². The Morgan fingerprint density at radius 1 is 0.333 bits per heavy atom. The van der Waals surface area contributed by atoms with E-state index in [2.05, 4.69) is 200 Å². The number of nitrogens with zero attached hydrogens (tertiary/aromatic N) is 3. The molecular formula is C54H39N3. The van der Waals surface area contributed by atoms with Crippen molar-refractivity contribution in [2.75, 3.05) is 0 Å². The van der Waals surface area contributed by atoms with E-state index >= 15 is 0 Å². The van der Waals surface area contributed by atoms with Crippen molar-refractivity contribution in [1.29, 1.82) is 0 Å². The van der Waals surface area contributed by atoms with Gasteiger partial charge in [-0.25, -0.2) is 9.97 Å². The van der Waals surface area contributed by atoms with Crippen LogP contribution >= 0.6 is 0 Å². The van der Waals surface area contributed by atoms with Crippen LogP contribution in [0.1, 0.15) is 11.1 Å². The summed E-state index contributed by atoms with van der Waals surface area (Å²) in [6.07, 6.45) is 0. The molecule has 0 amide bonds. The Morgan fingerprint density at radius 3 is 1.53 bits per heavy atom. The molecule has 0 bridgehead atoms. The average molecular weight is 730 g/mol. The minimum absolute atomic E-state index is 0.716. The molecule has 0 saturated carbocycles. The molecule has 0 radical (unpaired) electrons. The van der Waals surface area contributed by atoms with E-state index in [-0.39, 0.29) is 0 Å². The Kier molecular flexibility index (Phi) is 8.61. The summed E-state index contributed by atoms with van der Waals surface area (Å²) >= 11 is 0. The summed E-state index contributed by atoms with van der Waals surface area (Å²) in [5.41, 5.74) is 17.9. The zero-order valence-corrected chi connectivity index (χ0v) is 31.9. The molecule has 0 fully saturated rings. The van der Waals surface area contributed by atoms with Gasteiger partial charge in [0.1, 0.15) is 0 Å². The van der Waals surface area contributed by atoms with Gasteiger partial charge in [-0.1, -0.05) is 170 Å². The number of fused-ring (bicyclic) bond motifs is 3. The van der Waals surface area contributed by atoms with Gasteiger partial charge in [-0.15, -0.1) is 0 Å². The minimum atomic E-state index is 0.716. The third-order valence-corrected chi connectivity index (χ3v) is 11.2. The number of rotatable bonds is 7. The maximum atomic E-state index is 5.29. The Bertz CT molecular complexity index is 3010. The Morgan fingerprint density at radius 2 is 0.825 bits per heavy atom. The largest absolute Gasteiger partial charge is 0.309 e. The molecule has 2 aromatic heterocycles. The zero-order valence-electron chi connectivity index (χ0n) is 31.9. The van der Waals surface area contributed by atoms with E-state index < -0.39 is 0 Å². The molecule has 0 aliphatic carbocycles. The molecular weight excluding hydrogens is 691 g/mol. The van der Waals surface area contributed by atoms with Gasteiger partial charge in [0.25, 0.3) is 0 Å². The molecule has 8 aromatic carbocycles. The zero-order chi connectivity index (χ0) is 38.3. The van der Waals surface area contributed by atoms with Gasteiger partial charge in [0.05, 0.1) is 22.4 Å². The molecule has 0 aliphatic heterocycles. The normalized spacial score (nSPS) is 11.3. The Labute approximate surface area is 333 Å². The minimum Gasteiger partial charge on any atom is -0.309 e. The van der Waals surface area contributed by atoms with Crippen LogP contribution in [0.2, 0.25) is 0 Å². The summed E-state index contributed by atoms with van der Waals surface area (Å²) < 4.78 is 2.38. The lowest BCUT2D eigenvalue weighted by Crippen LogP contribution is -2.01. The molecule has 10 rings (SSSR count). The molecule has 0 saturated heterocycles. The number of para-hydroxylation sites is 2. The molecule has 0 unspecified atom stereocenters. The van der Waals surface area contributed by atoms with Crippen LogP contribution in [0.25, 0.3) is 94.8 Å². The molecule has 57 heavy (non-hydrogen) atoms. The number of benzene rings is 8. The molecule has 2 heterocycles. The molecule has 0 spiro atoms. The van der Waals surface area contributed by atoms with Crippen LogP contribution in [0.5, 0.6) is 0 Å². The van der Waals surface area contributed by atoms with Gasteiger partial charge in [0.15, 0.2) is 5.82 Å². The predicted molar refractivity (Wildman–Crippen MR) is 238 cm³/mol. The van der Waals surface area contributed by atoms with Crippen molar-refractivity contribution in [3.05, 3.63) is 211 Å². The molecule has 3 heteroatoms. The van der Waals surface area contributed by atoms with Crippen molar-refractivity contribution in [3.63, 3.8) is 0 Å². The fourth-order valence-corrected chi connectivity index (χ4v) is 8.32. The van der Waals surface area contributed by atoms with Crippen LogP contribution in [0.3, 0.4) is 0 Å². The summed E-state index contributed by atoms with van der Waals surface area (Å²) in [5, 5.41) is 2.53. The van der Waals surface area contributed by atoms with Gasteiger partial charge in [0.2, 0.25) is 0 Å². The van der Waals surface area contributed by atoms with Gasteiger partial charge >= 0.3 is 0 Å². The van der Waals surface area contributed by atoms with Crippen LogP contribution in [0.4, 0.5) is 0 Å².